The van der Waals surface area contributed by atoms with Gasteiger partial charge in [0.15, 0.2) is 0 Å². The number of pyridine rings is 1. The quantitative estimate of drug-likeness (QED) is 0.668. The summed E-state index contributed by atoms with van der Waals surface area (Å²) in [7, 11) is 0. The normalized spacial score (nSPS) is 17.2. The van der Waals surface area contributed by atoms with E-state index in [-0.39, 0.29) is 16.9 Å². The fraction of sp³-hybridized carbons (Fsp3) is 0.286. The third-order valence-electron chi connectivity index (χ3n) is 5.47. The van der Waals surface area contributed by atoms with Gasteiger partial charge in [-0.05, 0) is 38.0 Å². The third kappa shape index (κ3) is 2.53. The molecule has 2 aromatic heterocycles. The number of aromatic nitrogens is 2. The molecule has 1 aromatic carbocycles. The van der Waals surface area contributed by atoms with Gasteiger partial charge in [0.2, 0.25) is 5.43 Å². The number of benzene rings is 1. The lowest BCUT2D eigenvalue weighted by molar-refractivity contribution is 0.0829. The Balaban J connectivity index is 1.59. The molecule has 1 amide bonds. The van der Waals surface area contributed by atoms with Crippen molar-refractivity contribution in [2.75, 3.05) is 12.3 Å². The van der Waals surface area contributed by atoms with E-state index in [1.54, 1.807) is 22.9 Å². The highest BCUT2D eigenvalue weighted by atomic mass is 32.2. The van der Waals surface area contributed by atoms with E-state index in [4.69, 9.17) is 4.52 Å². The van der Waals surface area contributed by atoms with E-state index >= 15 is 0 Å². The monoisotopic (exact) mass is 393 g/mol. The highest BCUT2D eigenvalue weighted by Gasteiger charge is 2.29. The van der Waals surface area contributed by atoms with Gasteiger partial charge in [-0.15, -0.1) is 11.8 Å². The Morgan fingerprint density at radius 2 is 2.14 bits per heavy atom. The summed E-state index contributed by atoms with van der Waals surface area (Å²) in [5.74, 6) is 1.28. The number of thioether (sulfide) groups is 1. The first-order chi connectivity index (χ1) is 13.5. The second-order valence-electron chi connectivity index (χ2n) is 7.15. The van der Waals surface area contributed by atoms with Crippen molar-refractivity contribution in [1.82, 2.24) is 14.6 Å². The van der Waals surface area contributed by atoms with Crippen LogP contribution in [0, 0.1) is 13.8 Å². The van der Waals surface area contributed by atoms with E-state index in [9.17, 15) is 9.59 Å². The van der Waals surface area contributed by atoms with Crippen LogP contribution < -0.4 is 5.43 Å². The molecule has 0 N–H and O–H groups in total. The molecule has 0 bridgehead atoms. The molecule has 0 atom stereocenters. The van der Waals surface area contributed by atoms with Gasteiger partial charge >= 0.3 is 0 Å². The Kier molecular flexibility index (Phi) is 3.94. The molecule has 1 saturated heterocycles. The van der Waals surface area contributed by atoms with Crippen molar-refractivity contribution >= 4 is 34.6 Å². The SMILES string of the molecule is Cc1noc(C)c1/C=C1/SCCN1C(=O)c1cn2c3c(cccc3c1=O)CC2. The molecule has 7 heteroatoms. The molecule has 5 rings (SSSR count). The van der Waals surface area contributed by atoms with E-state index in [1.807, 2.05) is 42.7 Å². The van der Waals surface area contributed by atoms with E-state index in [0.717, 1.165) is 46.3 Å². The Labute approximate surface area is 165 Å². The number of hydrogen-bond donors (Lipinski definition) is 0. The summed E-state index contributed by atoms with van der Waals surface area (Å²) in [5, 5.41) is 5.43. The van der Waals surface area contributed by atoms with Crippen LogP contribution in [0.2, 0.25) is 0 Å². The molecule has 0 unspecified atom stereocenters. The average molecular weight is 393 g/mol. The molecule has 2 aliphatic rings. The van der Waals surface area contributed by atoms with Gasteiger partial charge in [0.05, 0.1) is 16.2 Å². The molecule has 0 saturated carbocycles. The molecule has 2 aliphatic heterocycles. The summed E-state index contributed by atoms with van der Waals surface area (Å²) in [4.78, 5) is 28.1. The zero-order valence-electron chi connectivity index (χ0n) is 15.7. The molecule has 1 fully saturated rings. The van der Waals surface area contributed by atoms with Crippen LogP contribution in [0.1, 0.15) is 32.9 Å². The molecule has 142 valence electrons. The first-order valence-electron chi connectivity index (χ1n) is 9.29. The zero-order valence-corrected chi connectivity index (χ0v) is 16.5. The van der Waals surface area contributed by atoms with Gasteiger partial charge in [-0.1, -0.05) is 17.3 Å². The second-order valence-corrected chi connectivity index (χ2v) is 8.27. The summed E-state index contributed by atoms with van der Waals surface area (Å²) in [5.41, 5.74) is 3.86. The van der Waals surface area contributed by atoms with Gasteiger partial charge < -0.3 is 14.0 Å². The average Bonchev–Trinajstić information content (AvgIpc) is 3.40. The lowest BCUT2D eigenvalue weighted by Gasteiger charge is -2.18. The van der Waals surface area contributed by atoms with Gasteiger partial charge in [0.25, 0.3) is 5.91 Å². The maximum absolute atomic E-state index is 13.3. The van der Waals surface area contributed by atoms with E-state index in [2.05, 4.69) is 5.16 Å². The largest absolute Gasteiger partial charge is 0.361 e. The lowest BCUT2D eigenvalue weighted by Crippen LogP contribution is -2.31. The van der Waals surface area contributed by atoms with Gasteiger partial charge in [0.1, 0.15) is 11.3 Å². The fourth-order valence-electron chi connectivity index (χ4n) is 4.02. The van der Waals surface area contributed by atoms with Crippen molar-refractivity contribution in [1.29, 1.82) is 0 Å². The molecule has 0 radical (unpaired) electrons. The smallest absolute Gasteiger partial charge is 0.264 e. The summed E-state index contributed by atoms with van der Waals surface area (Å²) in [6.07, 6.45) is 4.57. The van der Waals surface area contributed by atoms with Crippen LogP contribution in [-0.2, 0) is 13.0 Å². The second kappa shape index (κ2) is 6.38. The van der Waals surface area contributed by atoms with Crippen LogP contribution in [0.3, 0.4) is 0 Å². The number of nitrogens with zero attached hydrogens (tertiary/aromatic N) is 3. The maximum atomic E-state index is 13.3. The van der Waals surface area contributed by atoms with Gasteiger partial charge in [0, 0.05) is 36.0 Å². The van der Waals surface area contributed by atoms with Crippen LogP contribution in [0.5, 0.6) is 0 Å². The molecular weight excluding hydrogens is 374 g/mol. The molecule has 0 aliphatic carbocycles. The molecule has 6 nitrogen and oxygen atoms in total. The highest BCUT2D eigenvalue weighted by Crippen LogP contribution is 2.33. The van der Waals surface area contributed by atoms with E-state index in [1.165, 1.54) is 5.56 Å². The molecular formula is C21H19N3O3S. The topological polar surface area (TPSA) is 68.3 Å². The number of carbonyl (C=O) groups excluding carboxylic acids is 1. The zero-order chi connectivity index (χ0) is 19.4. The number of para-hydroxylation sites is 1. The standard InChI is InChI=1S/C21H19N3O3S/c1-12-16(13(2)27-22-12)10-18-24(8-9-28-18)21(26)17-11-23-7-6-14-4-3-5-15(19(14)23)20(17)25/h3-5,10-11H,6-9H2,1-2H3/b18-10+. The number of aryl methyl sites for hydroxylation is 4. The van der Waals surface area contributed by atoms with Crippen LogP contribution >= 0.6 is 11.8 Å². The van der Waals surface area contributed by atoms with Crippen molar-refractivity contribution in [3.63, 3.8) is 0 Å². The predicted octanol–water partition coefficient (Wildman–Crippen LogP) is 3.35. The Morgan fingerprint density at radius 3 is 2.93 bits per heavy atom. The van der Waals surface area contributed by atoms with Gasteiger partial charge in [-0.3, -0.25) is 9.59 Å². The maximum Gasteiger partial charge on any atom is 0.264 e. The summed E-state index contributed by atoms with van der Waals surface area (Å²) < 4.78 is 7.27. The number of amides is 1. The highest BCUT2D eigenvalue weighted by molar-refractivity contribution is 8.03. The first-order valence-corrected chi connectivity index (χ1v) is 10.3. The van der Waals surface area contributed by atoms with Crippen molar-refractivity contribution in [3.8, 4) is 0 Å². The third-order valence-corrected chi connectivity index (χ3v) is 6.49. The van der Waals surface area contributed by atoms with E-state index < -0.39 is 0 Å². The molecule has 4 heterocycles. The van der Waals surface area contributed by atoms with Gasteiger partial charge in [-0.2, -0.15) is 0 Å². The minimum Gasteiger partial charge on any atom is -0.361 e. The number of rotatable bonds is 2. The lowest BCUT2D eigenvalue weighted by atomic mass is 10.1. The van der Waals surface area contributed by atoms with Crippen LogP contribution in [0.25, 0.3) is 17.0 Å². The molecule has 28 heavy (non-hydrogen) atoms. The Morgan fingerprint density at radius 1 is 1.29 bits per heavy atom. The van der Waals surface area contributed by atoms with Crippen molar-refractivity contribution < 1.29 is 9.32 Å². The minimum atomic E-state index is -0.240. The molecule has 0 spiro atoms. The van der Waals surface area contributed by atoms with Crippen LogP contribution in [0.4, 0.5) is 0 Å². The van der Waals surface area contributed by atoms with Crippen molar-refractivity contribution in [2.24, 2.45) is 0 Å². The van der Waals surface area contributed by atoms with Crippen molar-refractivity contribution in [3.05, 3.63) is 67.8 Å². The first kappa shape index (κ1) is 17.3. The van der Waals surface area contributed by atoms with Crippen LogP contribution in [0.15, 0.2) is 38.7 Å². The number of hydrogen-bond acceptors (Lipinski definition) is 5. The summed E-state index contributed by atoms with van der Waals surface area (Å²) >= 11 is 1.61. The molecule has 3 aromatic rings. The number of carbonyl (C=O) groups is 1. The van der Waals surface area contributed by atoms with Crippen LogP contribution in [-0.4, -0.2) is 32.8 Å². The van der Waals surface area contributed by atoms with Crippen molar-refractivity contribution in [2.45, 2.75) is 26.8 Å². The van der Waals surface area contributed by atoms with Gasteiger partial charge in [-0.25, -0.2) is 0 Å². The van der Waals surface area contributed by atoms with E-state index in [0.29, 0.717) is 11.9 Å². The Bertz CT molecular complexity index is 1200. The Hall–Kier alpha value is -2.80. The summed E-state index contributed by atoms with van der Waals surface area (Å²) in [6.45, 7) is 5.11. The fourth-order valence-corrected chi connectivity index (χ4v) is 5.04. The summed E-state index contributed by atoms with van der Waals surface area (Å²) in [6, 6.07) is 5.77. The minimum absolute atomic E-state index is 0.186. The predicted molar refractivity (Wildman–Crippen MR) is 109 cm³/mol.